The molecule has 0 spiro atoms. The number of ether oxygens (including phenoxy) is 2. The number of hydrogen-bond acceptors (Lipinski definition) is 3. The van der Waals surface area contributed by atoms with E-state index in [4.69, 9.17) is 4.74 Å². The molecule has 0 heterocycles. The molecule has 0 atom stereocenters. The molecule has 0 aliphatic heterocycles. The van der Waals surface area contributed by atoms with Crippen LogP contribution < -0.4 is 0 Å². The number of hydrogen-bond donors (Lipinski definition) is 0. The van der Waals surface area contributed by atoms with E-state index in [1.165, 1.54) is 32.8 Å². The smallest absolute Gasteiger partial charge is 0.331 e. The van der Waals surface area contributed by atoms with Crippen LogP contribution in [0.1, 0.15) is 38.5 Å². The van der Waals surface area contributed by atoms with E-state index >= 15 is 0 Å². The minimum absolute atomic E-state index is 0.112. The highest BCUT2D eigenvalue weighted by molar-refractivity contribution is 5.70. The topological polar surface area (TPSA) is 35.5 Å². The van der Waals surface area contributed by atoms with Gasteiger partial charge in [0.25, 0.3) is 0 Å². The Kier molecular flexibility index (Phi) is 4.83. The fraction of sp³-hybridized carbons (Fsp3) is 0.900. The molecule has 0 bridgehead atoms. The molecule has 0 saturated heterocycles. The van der Waals surface area contributed by atoms with Crippen LogP contribution in [0.25, 0.3) is 0 Å². The monoisotopic (exact) mass is 186 g/mol. The van der Waals surface area contributed by atoms with Gasteiger partial charge in [-0.1, -0.05) is 25.7 Å². The summed E-state index contributed by atoms with van der Waals surface area (Å²) in [6.45, 7) is 0.112. The lowest BCUT2D eigenvalue weighted by atomic mass is 10.1. The van der Waals surface area contributed by atoms with E-state index in [0.29, 0.717) is 0 Å². The van der Waals surface area contributed by atoms with Crippen molar-refractivity contribution < 1.29 is 14.3 Å². The molecule has 3 nitrogen and oxygen atoms in total. The van der Waals surface area contributed by atoms with Crippen LogP contribution in [0.15, 0.2) is 0 Å². The second-order valence-corrected chi connectivity index (χ2v) is 3.50. The summed E-state index contributed by atoms with van der Waals surface area (Å²) in [5.41, 5.74) is 0. The first-order chi connectivity index (χ1) is 6.33. The van der Waals surface area contributed by atoms with Gasteiger partial charge in [-0.25, -0.2) is 4.79 Å². The molecule has 1 rings (SSSR count). The molecular formula is C10H18O3. The summed E-state index contributed by atoms with van der Waals surface area (Å²) in [6, 6.07) is 0. The van der Waals surface area contributed by atoms with Crippen LogP contribution in [0.4, 0.5) is 0 Å². The fourth-order valence-electron chi connectivity index (χ4n) is 1.65. The van der Waals surface area contributed by atoms with E-state index in [2.05, 4.69) is 4.74 Å². The van der Waals surface area contributed by atoms with Crippen molar-refractivity contribution in [3.8, 4) is 0 Å². The van der Waals surface area contributed by atoms with Crippen molar-refractivity contribution in [2.45, 2.75) is 44.6 Å². The quantitative estimate of drug-likeness (QED) is 0.499. The zero-order valence-corrected chi connectivity index (χ0v) is 8.25. The maximum absolute atomic E-state index is 10.8. The van der Waals surface area contributed by atoms with Gasteiger partial charge in [-0.2, -0.15) is 0 Å². The lowest BCUT2D eigenvalue weighted by Gasteiger charge is -2.13. The van der Waals surface area contributed by atoms with Gasteiger partial charge < -0.3 is 9.47 Å². The average molecular weight is 186 g/mol. The van der Waals surface area contributed by atoms with Crippen molar-refractivity contribution in [2.75, 3.05) is 13.7 Å². The SMILES string of the molecule is COC(=O)COC1CCCCCC1. The molecule has 1 fully saturated rings. The zero-order chi connectivity index (χ0) is 9.52. The van der Waals surface area contributed by atoms with Crippen molar-refractivity contribution in [1.29, 1.82) is 0 Å². The zero-order valence-electron chi connectivity index (χ0n) is 8.25. The predicted molar refractivity (Wildman–Crippen MR) is 49.5 cm³/mol. The predicted octanol–water partition coefficient (Wildman–Crippen LogP) is 1.90. The molecule has 0 unspecified atom stereocenters. The van der Waals surface area contributed by atoms with Crippen molar-refractivity contribution in [3.05, 3.63) is 0 Å². The lowest BCUT2D eigenvalue weighted by molar-refractivity contribution is -0.148. The normalized spacial score (nSPS) is 19.5. The third-order valence-electron chi connectivity index (χ3n) is 2.47. The van der Waals surface area contributed by atoms with Crippen LogP contribution in [-0.4, -0.2) is 25.8 Å². The summed E-state index contributed by atoms with van der Waals surface area (Å²) in [6.07, 6.45) is 7.53. The highest BCUT2D eigenvalue weighted by Crippen LogP contribution is 2.19. The van der Waals surface area contributed by atoms with Crippen LogP contribution >= 0.6 is 0 Å². The van der Waals surface area contributed by atoms with E-state index in [1.54, 1.807) is 0 Å². The van der Waals surface area contributed by atoms with Crippen molar-refractivity contribution in [2.24, 2.45) is 0 Å². The van der Waals surface area contributed by atoms with Crippen LogP contribution in [0.2, 0.25) is 0 Å². The highest BCUT2D eigenvalue weighted by Gasteiger charge is 2.13. The van der Waals surface area contributed by atoms with Crippen LogP contribution in [0, 0.1) is 0 Å². The number of carbonyl (C=O) groups is 1. The summed E-state index contributed by atoms with van der Waals surface area (Å²) in [4.78, 5) is 10.8. The number of carbonyl (C=O) groups excluding carboxylic acids is 1. The number of methoxy groups -OCH3 is 1. The minimum atomic E-state index is -0.274. The maximum atomic E-state index is 10.8. The van der Waals surface area contributed by atoms with Gasteiger partial charge in [-0.3, -0.25) is 0 Å². The Morgan fingerprint density at radius 1 is 1.23 bits per heavy atom. The Hall–Kier alpha value is -0.570. The van der Waals surface area contributed by atoms with Gasteiger partial charge in [0.1, 0.15) is 6.61 Å². The van der Waals surface area contributed by atoms with Crippen LogP contribution in [0.5, 0.6) is 0 Å². The minimum Gasteiger partial charge on any atom is -0.467 e. The maximum Gasteiger partial charge on any atom is 0.331 e. The molecule has 1 saturated carbocycles. The Labute approximate surface area is 79.4 Å². The molecule has 0 aromatic rings. The molecular weight excluding hydrogens is 168 g/mol. The molecule has 0 aromatic heterocycles. The molecule has 1 aliphatic carbocycles. The van der Waals surface area contributed by atoms with E-state index in [1.807, 2.05) is 0 Å². The summed E-state index contributed by atoms with van der Waals surface area (Å²) in [5.74, 6) is -0.274. The van der Waals surface area contributed by atoms with Crippen LogP contribution in [-0.2, 0) is 14.3 Å². The van der Waals surface area contributed by atoms with Crippen LogP contribution in [0.3, 0.4) is 0 Å². The molecule has 0 aromatic carbocycles. The molecule has 3 heteroatoms. The van der Waals surface area contributed by atoms with Gasteiger partial charge in [0.05, 0.1) is 13.2 Å². The van der Waals surface area contributed by atoms with Crippen molar-refractivity contribution in [1.82, 2.24) is 0 Å². The number of rotatable bonds is 3. The van der Waals surface area contributed by atoms with Crippen molar-refractivity contribution >= 4 is 5.97 Å². The molecule has 76 valence electrons. The Morgan fingerprint density at radius 3 is 2.38 bits per heavy atom. The third-order valence-corrected chi connectivity index (χ3v) is 2.47. The first-order valence-corrected chi connectivity index (χ1v) is 5.01. The second kappa shape index (κ2) is 5.97. The van der Waals surface area contributed by atoms with Gasteiger partial charge in [0, 0.05) is 0 Å². The van der Waals surface area contributed by atoms with Gasteiger partial charge >= 0.3 is 5.97 Å². The molecule has 1 aliphatic rings. The second-order valence-electron chi connectivity index (χ2n) is 3.50. The first-order valence-electron chi connectivity index (χ1n) is 5.01. The van der Waals surface area contributed by atoms with Crippen molar-refractivity contribution in [3.63, 3.8) is 0 Å². The number of esters is 1. The van der Waals surface area contributed by atoms with Gasteiger partial charge in [0.15, 0.2) is 0 Å². The van der Waals surface area contributed by atoms with Gasteiger partial charge in [-0.05, 0) is 12.8 Å². The summed E-state index contributed by atoms with van der Waals surface area (Å²) in [7, 11) is 1.39. The Balaban J connectivity index is 2.15. The van der Waals surface area contributed by atoms with Gasteiger partial charge in [-0.15, -0.1) is 0 Å². The lowest BCUT2D eigenvalue weighted by Crippen LogP contribution is -2.18. The third kappa shape index (κ3) is 4.27. The largest absolute Gasteiger partial charge is 0.467 e. The average Bonchev–Trinajstić information content (AvgIpc) is 2.42. The summed E-state index contributed by atoms with van der Waals surface area (Å²) in [5, 5.41) is 0. The highest BCUT2D eigenvalue weighted by atomic mass is 16.6. The summed E-state index contributed by atoms with van der Waals surface area (Å²) >= 11 is 0. The molecule has 0 N–H and O–H groups in total. The molecule has 13 heavy (non-hydrogen) atoms. The van der Waals surface area contributed by atoms with E-state index < -0.39 is 0 Å². The van der Waals surface area contributed by atoms with Gasteiger partial charge in [0.2, 0.25) is 0 Å². The summed E-state index contributed by atoms with van der Waals surface area (Å²) < 4.78 is 9.95. The van der Waals surface area contributed by atoms with E-state index in [9.17, 15) is 4.79 Å². The first kappa shape index (κ1) is 10.5. The standard InChI is InChI=1S/C10H18O3/c1-12-10(11)8-13-9-6-4-2-3-5-7-9/h9H,2-8H2,1H3. The van der Waals surface area contributed by atoms with E-state index in [-0.39, 0.29) is 18.7 Å². The Morgan fingerprint density at radius 2 is 1.85 bits per heavy atom. The Bertz CT molecular complexity index is 148. The molecule has 0 radical (unpaired) electrons. The molecule has 0 amide bonds. The van der Waals surface area contributed by atoms with E-state index in [0.717, 1.165) is 12.8 Å². The fourth-order valence-corrected chi connectivity index (χ4v) is 1.65.